The maximum atomic E-state index is 6.14. The van der Waals surface area contributed by atoms with Crippen LogP contribution >= 0.6 is 0 Å². The highest BCUT2D eigenvalue weighted by molar-refractivity contribution is 6.06. The highest BCUT2D eigenvalue weighted by Crippen LogP contribution is 2.40. The van der Waals surface area contributed by atoms with Crippen molar-refractivity contribution in [2.75, 3.05) is 4.90 Å². The van der Waals surface area contributed by atoms with Gasteiger partial charge in [-0.3, -0.25) is 0 Å². The molecular weight excluding hydrogens is 727 g/mol. The van der Waals surface area contributed by atoms with Gasteiger partial charge in [0.2, 0.25) is 0 Å². The minimum Gasteiger partial charge on any atom is -0.456 e. The molecule has 2 nitrogen and oxygen atoms in total. The first kappa shape index (κ1) is 35.2. The fourth-order valence-electron chi connectivity index (χ4n) is 8.64. The van der Waals surface area contributed by atoms with Gasteiger partial charge < -0.3 is 9.32 Å². The Balaban J connectivity index is 0.981. The van der Waals surface area contributed by atoms with Crippen LogP contribution in [0.2, 0.25) is 0 Å². The Morgan fingerprint density at radius 2 is 0.717 bits per heavy atom. The van der Waals surface area contributed by atoms with Gasteiger partial charge in [-0.1, -0.05) is 170 Å². The van der Waals surface area contributed by atoms with E-state index >= 15 is 0 Å². The second-order valence-electron chi connectivity index (χ2n) is 15.3. The number of hydrogen-bond acceptors (Lipinski definition) is 2. The van der Waals surface area contributed by atoms with E-state index in [2.05, 4.69) is 229 Å². The van der Waals surface area contributed by atoms with Crippen LogP contribution in [0.3, 0.4) is 0 Å². The molecule has 0 unspecified atom stereocenters. The van der Waals surface area contributed by atoms with Crippen LogP contribution in [0.4, 0.5) is 17.1 Å². The summed E-state index contributed by atoms with van der Waals surface area (Å²) in [5.41, 5.74) is 16.9. The first-order valence-electron chi connectivity index (χ1n) is 20.5. The molecule has 0 radical (unpaired) electrons. The van der Waals surface area contributed by atoms with Gasteiger partial charge in [-0.15, -0.1) is 0 Å². The summed E-state index contributed by atoms with van der Waals surface area (Å²) in [6, 6.07) is 85.0. The molecule has 1 aromatic heterocycles. The Bertz CT molecular complexity index is 3300. The predicted molar refractivity (Wildman–Crippen MR) is 253 cm³/mol. The molecule has 0 fully saturated rings. The topological polar surface area (TPSA) is 16.4 Å². The standard InChI is InChI=1S/C58H39NO/c1-2-12-40(13-3-1)44-16-8-17-45(36-44)41-26-31-50(32-27-41)59(51-33-28-42(29-34-51)48-30-35-58-56(39-48)55-23-6-7-25-57(55)60-58)52-21-10-19-47(38-52)46-18-9-20-49(37-46)54-24-11-15-43-14-4-5-22-53(43)54/h1-39H. The smallest absolute Gasteiger partial charge is 0.135 e. The molecule has 0 atom stereocenters. The Labute approximate surface area is 349 Å². The first-order chi connectivity index (χ1) is 29.7. The van der Waals surface area contributed by atoms with Gasteiger partial charge >= 0.3 is 0 Å². The van der Waals surface area contributed by atoms with Gasteiger partial charge in [-0.05, 0) is 133 Å². The van der Waals surface area contributed by atoms with E-state index in [-0.39, 0.29) is 0 Å². The lowest BCUT2D eigenvalue weighted by atomic mass is 9.95. The zero-order valence-corrected chi connectivity index (χ0v) is 32.9. The molecule has 0 amide bonds. The van der Waals surface area contributed by atoms with Crippen molar-refractivity contribution in [3.63, 3.8) is 0 Å². The molecule has 0 bridgehead atoms. The van der Waals surface area contributed by atoms with Gasteiger partial charge in [0.05, 0.1) is 0 Å². The highest BCUT2D eigenvalue weighted by Gasteiger charge is 2.16. The van der Waals surface area contributed by atoms with E-state index < -0.39 is 0 Å². The van der Waals surface area contributed by atoms with E-state index in [1.165, 1.54) is 49.7 Å². The van der Waals surface area contributed by atoms with Crippen molar-refractivity contribution in [3.8, 4) is 55.6 Å². The summed E-state index contributed by atoms with van der Waals surface area (Å²) in [5.74, 6) is 0. The second-order valence-corrected chi connectivity index (χ2v) is 15.3. The summed E-state index contributed by atoms with van der Waals surface area (Å²) < 4.78 is 6.14. The Hall–Kier alpha value is -7.94. The minimum atomic E-state index is 0.903. The average molecular weight is 766 g/mol. The van der Waals surface area contributed by atoms with Gasteiger partial charge in [0.1, 0.15) is 11.2 Å². The maximum absolute atomic E-state index is 6.14. The van der Waals surface area contributed by atoms with Gasteiger partial charge in [-0.25, -0.2) is 0 Å². The van der Waals surface area contributed by atoms with Crippen LogP contribution in [0.25, 0.3) is 88.3 Å². The number of rotatable bonds is 8. The summed E-state index contributed by atoms with van der Waals surface area (Å²) >= 11 is 0. The van der Waals surface area contributed by atoms with Gasteiger partial charge in [0.15, 0.2) is 0 Å². The molecule has 11 rings (SSSR count). The lowest BCUT2D eigenvalue weighted by Gasteiger charge is -2.26. The van der Waals surface area contributed by atoms with Crippen molar-refractivity contribution in [2.45, 2.75) is 0 Å². The molecule has 0 saturated carbocycles. The lowest BCUT2D eigenvalue weighted by Crippen LogP contribution is -2.10. The van der Waals surface area contributed by atoms with Crippen LogP contribution in [-0.2, 0) is 0 Å². The van der Waals surface area contributed by atoms with Crippen molar-refractivity contribution < 1.29 is 4.42 Å². The van der Waals surface area contributed by atoms with Crippen LogP contribution in [0, 0.1) is 0 Å². The molecule has 0 aliphatic heterocycles. The molecule has 0 N–H and O–H groups in total. The summed E-state index contributed by atoms with van der Waals surface area (Å²) in [4.78, 5) is 2.36. The third kappa shape index (κ3) is 6.61. The molecule has 0 aliphatic rings. The normalized spacial score (nSPS) is 11.3. The van der Waals surface area contributed by atoms with E-state index in [1.807, 2.05) is 12.1 Å². The maximum Gasteiger partial charge on any atom is 0.135 e. The number of para-hydroxylation sites is 1. The van der Waals surface area contributed by atoms with Crippen LogP contribution in [-0.4, -0.2) is 0 Å². The third-order valence-corrected chi connectivity index (χ3v) is 11.7. The van der Waals surface area contributed by atoms with Crippen molar-refractivity contribution in [2.24, 2.45) is 0 Å². The molecule has 10 aromatic carbocycles. The van der Waals surface area contributed by atoms with E-state index in [0.29, 0.717) is 0 Å². The van der Waals surface area contributed by atoms with Crippen LogP contribution in [0.15, 0.2) is 241 Å². The number of anilines is 3. The van der Waals surface area contributed by atoms with Gasteiger partial charge in [0, 0.05) is 27.8 Å². The quantitative estimate of drug-likeness (QED) is 0.153. The van der Waals surface area contributed by atoms with Crippen LogP contribution < -0.4 is 4.90 Å². The summed E-state index contributed by atoms with van der Waals surface area (Å²) in [6.45, 7) is 0. The summed E-state index contributed by atoms with van der Waals surface area (Å²) in [7, 11) is 0. The number of hydrogen-bond donors (Lipinski definition) is 0. The SMILES string of the molecule is c1ccc(-c2cccc(-c3ccc(N(c4ccc(-c5ccc6oc7ccccc7c6c5)cc4)c4cccc(-c5cccc(-c6cccc7ccccc67)c5)c4)cc3)c2)cc1. The molecular formula is C58H39NO. The number of nitrogens with zero attached hydrogens (tertiary/aromatic N) is 1. The largest absolute Gasteiger partial charge is 0.456 e. The van der Waals surface area contributed by atoms with E-state index in [1.54, 1.807) is 0 Å². The number of fused-ring (bicyclic) bond motifs is 4. The highest BCUT2D eigenvalue weighted by atomic mass is 16.3. The molecule has 2 heteroatoms. The zero-order chi connectivity index (χ0) is 39.8. The summed E-state index contributed by atoms with van der Waals surface area (Å²) in [5, 5.41) is 4.77. The second kappa shape index (κ2) is 15.1. The first-order valence-corrected chi connectivity index (χ1v) is 20.5. The van der Waals surface area contributed by atoms with Gasteiger partial charge in [0.25, 0.3) is 0 Å². The Morgan fingerprint density at radius 1 is 0.250 bits per heavy atom. The Kier molecular flexibility index (Phi) is 8.87. The van der Waals surface area contributed by atoms with Crippen molar-refractivity contribution in [1.82, 2.24) is 0 Å². The van der Waals surface area contributed by atoms with E-state index in [4.69, 9.17) is 4.42 Å². The van der Waals surface area contributed by atoms with Crippen molar-refractivity contribution in [1.29, 1.82) is 0 Å². The number of benzene rings is 10. The van der Waals surface area contributed by atoms with E-state index in [9.17, 15) is 0 Å². The third-order valence-electron chi connectivity index (χ3n) is 11.7. The Morgan fingerprint density at radius 3 is 1.45 bits per heavy atom. The lowest BCUT2D eigenvalue weighted by molar-refractivity contribution is 0.669. The van der Waals surface area contributed by atoms with E-state index in [0.717, 1.165) is 55.7 Å². The fraction of sp³-hybridized carbons (Fsp3) is 0. The fourth-order valence-corrected chi connectivity index (χ4v) is 8.64. The van der Waals surface area contributed by atoms with Gasteiger partial charge in [-0.2, -0.15) is 0 Å². The monoisotopic (exact) mass is 765 g/mol. The summed E-state index contributed by atoms with van der Waals surface area (Å²) in [6.07, 6.45) is 0. The predicted octanol–water partition coefficient (Wildman–Crippen LogP) is 16.5. The number of furan rings is 1. The van der Waals surface area contributed by atoms with Crippen molar-refractivity contribution >= 4 is 49.8 Å². The molecule has 0 saturated heterocycles. The molecule has 1 heterocycles. The zero-order valence-electron chi connectivity index (χ0n) is 32.9. The minimum absolute atomic E-state index is 0.903. The molecule has 0 spiro atoms. The van der Waals surface area contributed by atoms with Crippen LogP contribution in [0.1, 0.15) is 0 Å². The van der Waals surface area contributed by atoms with Crippen molar-refractivity contribution in [3.05, 3.63) is 237 Å². The average Bonchev–Trinajstić information content (AvgIpc) is 3.70. The molecule has 11 aromatic rings. The molecule has 0 aliphatic carbocycles. The molecule has 282 valence electrons. The molecule has 60 heavy (non-hydrogen) atoms. The van der Waals surface area contributed by atoms with Crippen LogP contribution in [0.5, 0.6) is 0 Å².